The number of thioether (sulfide) groups is 1. The molecule has 2 atom stereocenters. The minimum absolute atomic E-state index is 0.0552. The second-order valence-corrected chi connectivity index (χ2v) is 4.40. The Hall–Kier alpha value is -0.220. The maximum absolute atomic E-state index is 11.6. The summed E-state index contributed by atoms with van der Waals surface area (Å²) in [6.45, 7) is 3.00. The van der Waals surface area contributed by atoms with Crippen LogP contribution in [0.3, 0.4) is 0 Å². The number of hydrogen-bond donors (Lipinski definition) is 1. The third kappa shape index (κ3) is 2.38. The quantitative estimate of drug-likeness (QED) is 0.729. The topological polar surface area (TPSA) is 40.5 Å². The summed E-state index contributed by atoms with van der Waals surface area (Å²) in [5.41, 5.74) is 0. The van der Waals surface area contributed by atoms with Crippen LogP contribution in [0.25, 0.3) is 0 Å². The summed E-state index contributed by atoms with van der Waals surface area (Å²) in [5.74, 6) is 1.13. The molecule has 0 saturated carbocycles. The number of aliphatic hydroxyl groups is 1. The molecule has 1 N–H and O–H groups in total. The molecule has 1 saturated heterocycles. The molecule has 1 heterocycles. The maximum atomic E-state index is 11.6. The van der Waals surface area contributed by atoms with Gasteiger partial charge in [0.1, 0.15) is 0 Å². The molecular weight excluding hydrogens is 186 g/mol. The van der Waals surface area contributed by atoms with Crippen LogP contribution >= 0.6 is 11.8 Å². The van der Waals surface area contributed by atoms with Gasteiger partial charge in [0.15, 0.2) is 0 Å². The van der Waals surface area contributed by atoms with Crippen LogP contribution in [0.1, 0.15) is 13.3 Å². The Bertz CT molecular complexity index is 186. The van der Waals surface area contributed by atoms with Gasteiger partial charge in [0, 0.05) is 6.54 Å². The SMILES string of the molecule is CSCC(=O)N1CCC(C)C1CO. The third-order valence-corrected chi connectivity index (χ3v) is 3.19. The van der Waals surface area contributed by atoms with Gasteiger partial charge in [-0.1, -0.05) is 6.92 Å². The van der Waals surface area contributed by atoms with Crippen LogP contribution in [0, 0.1) is 5.92 Å². The van der Waals surface area contributed by atoms with Crippen molar-refractivity contribution in [3.63, 3.8) is 0 Å². The van der Waals surface area contributed by atoms with Crippen LogP contribution in [0.4, 0.5) is 0 Å². The van der Waals surface area contributed by atoms with Crippen molar-refractivity contribution in [2.24, 2.45) is 5.92 Å². The molecule has 0 aromatic rings. The number of carbonyl (C=O) groups is 1. The van der Waals surface area contributed by atoms with Crippen molar-refractivity contribution in [1.29, 1.82) is 0 Å². The Morgan fingerprint density at radius 1 is 1.69 bits per heavy atom. The molecule has 1 aliphatic rings. The Balaban J connectivity index is 2.54. The molecule has 2 unspecified atom stereocenters. The van der Waals surface area contributed by atoms with Crippen molar-refractivity contribution in [2.45, 2.75) is 19.4 Å². The van der Waals surface area contributed by atoms with E-state index in [1.54, 1.807) is 0 Å². The van der Waals surface area contributed by atoms with Crippen molar-refractivity contribution in [2.75, 3.05) is 25.2 Å². The molecule has 1 fully saturated rings. The first-order valence-electron chi connectivity index (χ1n) is 4.60. The number of aliphatic hydroxyl groups excluding tert-OH is 1. The highest BCUT2D eigenvalue weighted by molar-refractivity contribution is 7.99. The van der Waals surface area contributed by atoms with Gasteiger partial charge in [-0.3, -0.25) is 4.79 Å². The van der Waals surface area contributed by atoms with Gasteiger partial charge in [-0.15, -0.1) is 0 Å². The summed E-state index contributed by atoms with van der Waals surface area (Å²) in [7, 11) is 0. The maximum Gasteiger partial charge on any atom is 0.232 e. The van der Waals surface area contributed by atoms with Crippen LogP contribution in [0.5, 0.6) is 0 Å². The second-order valence-electron chi connectivity index (χ2n) is 3.54. The van der Waals surface area contributed by atoms with Gasteiger partial charge >= 0.3 is 0 Å². The smallest absolute Gasteiger partial charge is 0.232 e. The van der Waals surface area contributed by atoms with E-state index in [2.05, 4.69) is 6.92 Å². The van der Waals surface area contributed by atoms with E-state index in [9.17, 15) is 4.79 Å². The first-order valence-corrected chi connectivity index (χ1v) is 5.99. The van der Waals surface area contributed by atoms with Gasteiger partial charge in [0.25, 0.3) is 0 Å². The van der Waals surface area contributed by atoms with Gasteiger partial charge in [-0.25, -0.2) is 0 Å². The Morgan fingerprint density at radius 2 is 2.38 bits per heavy atom. The normalized spacial score (nSPS) is 28.1. The Kier molecular flexibility index (Phi) is 4.06. The van der Waals surface area contributed by atoms with Crippen molar-refractivity contribution in [1.82, 2.24) is 4.90 Å². The summed E-state index contributed by atoms with van der Waals surface area (Å²) in [5, 5.41) is 9.12. The van der Waals surface area contributed by atoms with Crippen LogP contribution < -0.4 is 0 Å². The summed E-state index contributed by atoms with van der Waals surface area (Å²) >= 11 is 1.54. The van der Waals surface area contributed by atoms with Crippen molar-refractivity contribution >= 4 is 17.7 Å². The van der Waals surface area contributed by atoms with Gasteiger partial charge < -0.3 is 10.0 Å². The number of likely N-dealkylation sites (tertiary alicyclic amines) is 1. The number of carbonyl (C=O) groups excluding carboxylic acids is 1. The van der Waals surface area contributed by atoms with E-state index in [0.717, 1.165) is 13.0 Å². The molecule has 0 spiro atoms. The molecule has 13 heavy (non-hydrogen) atoms. The number of hydrogen-bond acceptors (Lipinski definition) is 3. The molecule has 0 aliphatic carbocycles. The lowest BCUT2D eigenvalue weighted by atomic mass is 10.0. The highest BCUT2D eigenvalue weighted by atomic mass is 32.2. The fourth-order valence-electron chi connectivity index (χ4n) is 1.80. The minimum atomic E-state index is 0.0552. The molecule has 1 rings (SSSR count). The van der Waals surface area contributed by atoms with E-state index in [1.165, 1.54) is 11.8 Å². The first kappa shape index (κ1) is 10.9. The fraction of sp³-hybridized carbons (Fsp3) is 0.889. The molecule has 3 nitrogen and oxygen atoms in total. The van der Waals surface area contributed by atoms with Gasteiger partial charge in [-0.05, 0) is 18.6 Å². The zero-order chi connectivity index (χ0) is 9.84. The van der Waals surface area contributed by atoms with Gasteiger partial charge in [0.05, 0.1) is 18.4 Å². The van der Waals surface area contributed by atoms with E-state index in [0.29, 0.717) is 11.7 Å². The van der Waals surface area contributed by atoms with E-state index in [4.69, 9.17) is 5.11 Å². The average Bonchev–Trinajstić information content (AvgIpc) is 2.47. The second kappa shape index (κ2) is 4.86. The highest BCUT2D eigenvalue weighted by Gasteiger charge is 2.33. The number of nitrogens with zero attached hydrogens (tertiary/aromatic N) is 1. The Morgan fingerprint density at radius 3 is 2.92 bits per heavy atom. The highest BCUT2D eigenvalue weighted by Crippen LogP contribution is 2.23. The van der Waals surface area contributed by atoms with E-state index in [1.807, 2.05) is 11.2 Å². The largest absolute Gasteiger partial charge is 0.394 e. The molecule has 0 aromatic heterocycles. The monoisotopic (exact) mass is 203 g/mol. The van der Waals surface area contributed by atoms with Crippen molar-refractivity contribution in [3.8, 4) is 0 Å². The third-order valence-electron chi connectivity index (χ3n) is 2.66. The first-order chi connectivity index (χ1) is 6.20. The van der Waals surface area contributed by atoms with Crippen LogP contribution in [0.2, 0.25) is 0 Å². The lowest BCUT2D eigenvalue weighted by Gasteiger charge is -2.24. The lowest BCUT2D eigenvalue weighted by molar-refractivity contribution is -0.130. The molecule has 4 heteroatoms. The predicted molar refractivity (Wildman–Crippen MR) is 54.7 cm³/mol. The summed E-state index contributed by atoms with van der Waals surface area (Å²) in [6.07, 6.45) is 2.94. The van der Waals surface area contributed by atoms with E-state index < -0.39 is 0 Å². The molecule has 1 amide bonds. The number of amides is 1. The predicted octanol–water partition coefficient (Wildman–Crippen LogP) is 0.579. The molecule has 0 bridgehead atoms. The van der Waals surface area contributed by atoms with Gasteiger partial charge in [-0.2, -0.15) is 11.8 Å². The minimum Gasteiger partial charge on any atom is -0.394 e. The molecule has 76 valence electrons. The molecular formula is C9H17NO2S. The standard InChI is InChI=1S/C9H17NO2S/c1-7-3-4-10(8(7)5-11)9(12)6-13-2/h7-8,11H,3-6H2,1-2H3. The van der Waals surface area contributed by atoms with Crippen LogP contribution in [-0.4, -0.2) is 47.1 Å². The average molecular weight is 203 g/mol. The lowest BCUT2D eigenvalue weighted by Crippen LogP contribution is -2.40. The van der Waals surface area contributed by atoms with E-state index in [-0.39, 0.29) is 18.6 Å². The summed E-state index contributed by atoms with van der Waals surface area (Å²) in [4.78, 5) is 13.4. The molecule has 1 aliphatic heterocycles. The zero-order valence-corrected chi connectivity index (χ0v) is 9.01. The van der Waals surface area contributed by atoms with Crippen molar-refractivity contribution in [3.05, 3.63) is 0 Å². The summed E-state index contributed by atoms with van der Waals surface area (Å²) in [6, 6.07) is 0.0552. The van der Waals surface area contributed by atoms with Crippen LogP contribution in [0.15, 0.2) is 0 Å². The molecule has 0 aromatic carbocycles. The van der Waals surface area contributed by atoms with Gasteiger partial charge in [0.2, 0.25) is 5.91 Å². The Labute approximate surface area is 83.5 Å². The fourth-order valence-corrected chi connectivity index (χ4v) is 2.22. The summed E-state index contributed by atoms with van der Waals surface area (Å²) < 4.78 is 0. The van der Waals surface area contributed by atoms with Crippen LogP contribution in [-0.2, 0) is 4.79 Å². The number of rotatable bonds is 3. The van der Waals surface area contributed by atoms with E-state index >= 15 is 0 Å². The zero-order valence-electron chi connectivity index (χ0n) is 8.19. The van der Waals surface area contributed by atoms with Crippen molar-refractivity contribution < 1.29 is 9.90 Å². The molecule has 0 radical (unpaired) electrons.